The number of rotatable bonds is 5. The molecule has 1 aliphatic rings. The van der Waals surface area contributed by atoms with E-state index in [1.54, 1.807) is 25.5 Å². The Morgan fingerprint density at radius 1 is 1.20 bits per heavy atom. The van der Waals surface area contributed by atoms with Gasteiger partial charge in [0.05, 0.1) is 25.6 Å². The number of para-hydroxylation sites is 1. The third-order valence-electron chi connectivity index (χ3n) is 5.57. The van der Waals surface area contributed by atoms with E-state index in [1.165, 1.54) is 11.1 Å². The molecule has 2 heterocycles. The Bertz CT molecular complexity index is 1080. The summed E-state index contributed by atoms with van der Waals surface area (Å²) >= 11 is 0. The van der Waals surface area contributed by atoms with Crippen LogP contribution in [0.2, 0.25) is 0 Å². The number of aromatic nitrogens is 2. The van der Waals surface area contributed by atoms with Crippen molar-refractivity contribution in [1.82, 2.24) is 10.2 Å². The molecule has 2 aromatic carbocycles. The van der Waals surface area contributed by atoms with Crippen molar-refractivity contribution in [3.05, 3.63) is 85.2 Å². The molecule has 0 unspecified atom stereocenters. The topological polar surface area (TPSA) is 67.5 Å². The molecule has 0 radical (unpaired) electrons. The predicted molar refractivity (Wildman–Crippen MR) is 144 cm³/mol. The lowest BCUT2D eigenvalue weighted by atomic mass is 10.1. The summed E-state index contributed by atoms with van der Waals surface area (Å²) in [5.74, 6) is 1.91. The second kappa shape index (κ2) is 14.5. The third-order valence-corrected chi connectivity index (χ3v) is 5.57. The van der Waals surface area contributed by atoms with Gasteiger partial charge in [0.1, 0.15) is 5.75 Å². The number of benzene rings is 2. The normalized spacial score (nSPS) is 11.8. The highest BCUT2D eigenvalue weighted by atomic mass is 16.5. The highest BCUT2D eigenvalue weighted by Crippen LogP contribution is 2.40. The molecule has 0 saturated heterocycles. The van der Waals surface area contributed by atoms with E-state index in [-0.39, 0.29) is 5.91 Å². The molecule has 0 atom stereocenters. The van der Waals surface area contributed by atoms with Crippen LogP contribution in [0.1, 0.15) is 37.3 Å². The highest BCUT2D eigenvalue weighted by molar-refractivity contribution is 5.96. The summed E-state index contributed by atoms with van der Waals surface area (Å²) in [4.78, 5) is 14.2. The zero-order chi connectivity index (χ0) is 25.6. The maximum absolute atomic E-state index is 12.4. The van der Waals surface area contributed by atoms with Crippen LogP contribution in [0.4, 0.5) is 5.69 Å². The number of nitrogens with one attached hydrogen (secondary N) is 1. The van der Waals surface area contributed by atoms with Crippen LogP contribution in [0.5, 0.6) is 11.5 Å². The predicted octanol–water partition coefficient (Wildman–Crippen LogP) is 6.66. The molecule has 0 bridgehead atoms. The van der Waals surface area contributed by atoms with Crippen molar-refractivity contribution >= 4 is 11.6 Å². The molecule has 6 heteroatoms. The number of aryl methyl sites for hydroxylation is 1. The van der Waals surface area contributed by atoms with Crippen molar-refractivity contribution in [2.24, 2.45) is 0 Å². The van der Waals surface area contributed by atoms with Crippen LogP contribution in [0, 0.1) is 13.8 Å². The van der Waals surface area contributed by atoms with Gasteiger partial charge in [-0.2, -0.15) is 5.10 Å². The fourth-order valence-corrected chi connectivity index (χ4v) is 3.59. The number of carbonyl (C=O) groups is 1. The lowest BCUT2D eigenvalue weighted by molar-refractivity contribution is -0.118. The number of nitrogens with zero attached hydrogens (tertiary/aromatic N) is 2. The standard InChI is InChI=1S/C16H19N3O2.C9H12O.C4H6/c1-2-5-15(20)19-8-4-9-21-16-13(6-3-7-14(16)19)12-10-17-18-11-12;1-7-5-4-6-9(10-3)8(7)2;1-3-4-2/h3,6-7,10-11H,2,4-5,8-9H2,1H3,(H,17,18);4-6H,1-3H3;3-4H,1-2H2. The number of ether oxygens (including phenoxy) is 2. The Kier molecular flexibility index (Phi) is 11.3. The van der Waals surface area contributed by atoms with Gasteiger partial charge in [-0.1, -0.05) is 56.5 Å². The first-order chi connectivity index (χ1) is 17.0. The van der Waals surface area contributed by atoms with Gasteiger partial charge in [0, 0.05) is 30.3 Å². The van der Waals surface area contributed by atoms with Crippen LogP contribution in [0.15, 0.2) is 74.1 Å². The molecule has 186 valence electrons. The first kappa shape index (κ1) is 27.4. The number of fused-ring (bicyclic) bond motifs is 1. The van der Waals surface area contributed by atoms with E-state index in [2.05, 4.69) is 43.3 Å². The summed E-state index contributed by atoms with van der Waals surface area (Å²) < 4.78 is 11.1. The first-order valence-corrected chi connectivity index (χ1v) is 11.9. The van der Waals surface area contributed by atoms with Gasteiger partial charge in [-0.15, -0.1) is 0 Å². The van der Waals surface area contributed by atoms with E-state index in [0.717, 1.165) is 41.2 Å². The number of anilines is 1. The molecule has 4 rings (SSSR count). The number of hydrogen-bond acceptors (Lipinski definition) is 4. The molecule has 1 aromatic heterocycles. The summed E-state index contributed by atoms with van der Waals surface area (Å²) in [5, 5.41) is 6.81. The molecular formula is C29H37N3O3. The Morgan fingerprint density at radius 2 is 1.94 bits per heavy atom. The first-order valence-electron chi connectivity index (χ1n) is 11.9. The molecule has 0 aliphatic carbocycles. The van der Waals surface area contributed by atoms with Crippen LogP contribution < -0.4 is 14.4 Å². The van der Waals surface area contributed by atoms with Gasteiger partial charge in [0.25, 0.3) is 0 Å². The largest absolute Gasteiger partial charge is 0.496 e. The molecule has 1 aliphatic heterocycles. The van der Waals surface area contributed by atoms with Crippen molar-refractivity contribution in [1.29, 1.82) is 0 Å². The molecule has 35 heavy (non-hydrogen) atoms. The van der Waals surface area contributed by atoms with Gasteiger partial charge in [-0.3, -0.25) is 9.89 Å². The molecule has 3 aromatic rings. The Balaban J connectivity index is 0.000000257. The lowest BCUT2D eigenvalue weighted by Gasteiger charge is -2.22. The smallest absolute Gasteiger partial charge is 0.227 e. The molecule has 6 nitrogen and oxygen atoms in total. The molecule has 0 fully saturated rings. The van der Waals surface area contributed by atoms with E-state index in [9.17, 15) is 4.79 Å². The van der Waals surface area contributed by atoms with Gasteiger partial charge in [-0.25, -0.2) is 0 Å². The minimum atomic E-state index is 0.161. The summed E-state index contributed by atoms with van der Waals surface area (Å²) in [5.41, 5.74) is 5.31. The third kappa shape index (κ3) is 7.60. The van der Waals surface area contributed by atoms with Gasteiger partial charge < -0.3 is 14.4 Å². The van der Waals surface area contributed by atoms with E-state index in [4.69, 9.17) is 9.47 Å². The van der Waals surface area contributed by atoms with E-state index < -0.39 is 0 Å². The molecule has 1 amide bonds. The number of allylic oxidation sites excluding steroid dienone is 2. The molecule has 0 saturated carbocycles. The van der Waals surface area contributed by atoms with Gasteiger partial charge in [0.2, 0.25) is 5.91 Å². The number of methoxy groups -OCH3 is 1. The van der Waals surface area contributed by atoms with Crippen LogP contribution in [-0.2, 0) is 4.79 Å². The average molecular weight is 476 g/mol. The van der Waals surface area contributed by atoms with Gasteiger partial charge in [0.15, 0.2) is 5.75 Å². The number of hydrogen-bond donors (Lipinski definition) is 1. The lowest BCUT2D eigenvalue weighted by Crippen LogP contribution is -2.31. The van der Waals surface area contributed by atoms with E-state index in [1.807, 2.05) is 48.4 Å². The Labute approximate surface area is 209 Å². The maximum atomic E-state index is 12.4. The monoisotopic (exact) mass is 475 g/mol. The van der Waals surface area contributed by atoms with Crippen LogP contribution in [0.3, 0.4) is 0 Å². The number of carbonyl (C=O) groups excluding carboxylic acids is 1. The van der Waals surface area contributed by atoms with E-state index in [0.29, 0.717) is 19.6 Å². The number of aromatic amines is 1. The minimum Gasteiger partial charge on any atom is -0.496 e. The van der Waals surface area contributed by atoms with Crippen molar-refractivity contribution in [3.8, 4) is 22.6 Å². The Hall–Kier alpha value is -3.80. The van der Waals surface area contributed by atoms with Crippen LogP contribution in [0.25, 0.3) is 11.1 Å². The number of H-pyrrole nitrogens is 1. The summed E-state index contributed by atoms with van der Waals surface area (Å²) in [6, 6.07) is 12.0. The van der Waals surface area contributed by atoms with Crippen molar-refractivity contribution in [2.75, 3.05) is 25.2 Å². The van der Waals surface area contributed by atoms with Crippen LogP contribution in [-0.4, -0.2) is 36.4 Å². The van der Waals surface area contributed by atoms with Gasteiger partial charge >= 0.3 is 0 Å². The van der Waals surface area contributed by atoms with Crippen molar-refractivity contribution in [3.63, 3.8) is 0 Å². The number of amides is 1. The average Bonchev–Trinajstić information content (AvgIpc) is 3.32. The zero-order valence-electron chi connectivity index (χ0n) is 21.3. The summed E-state index contributed by atoms with van der Waals surface area (Å²) in [6.45, 7) is 14.2. The second-order valence-electron chi connectivity index (χ2n) is 8.01. The zero-order valence-corrected chi connectivity index (χ0v) is 21.3. The molecule has 1 N–H and O–H groups in total. The van der Waals surface area contributed by atoms with E-state index >= 15 is 0 Å². The van der Waals surface area contributed by atoms with Crippen LogP contribution >= 0.6 is 0 Å². The molecule has 0 spiro atoms. The highest BCUT2D eigenvalue weighted by Gasteiger charge is 2.24. The van der Waals surface area contributed by atoms with Crippen molar-refractivity contribution < 1.29 is 14.3 Å². The Morgan fingerprint density at radius 3 is 2.54 bits per heavy atom. The van der Waals surface area contributed by atoms with Crippen molar-refractivity contribution in [2.45, 2.75) is 40.0 Å². The quantitative estimate of drug-likeness (QED) is 0.419. The fraction of sp³-hybridized carbons (Fsp3) is 0.310. The molecular weight excluding hydrogens is 438 g/mol. The summed E-state index contributed by atoms with van der Waals surface area (Å²) in [6.07, 6.45) is 9.14. The second-order valence-corrected chi connectivity index (χ2v) is 8.01. The van der Waals surface area contributed by atoms with Gasteiger partial charge in [-0.05, 0) is 49.9 Å². The SMILES string of the molecule is C=CC=C.CCCC(=O)N1CCCOc2c(-c3cn[nH]c3)cccc21.COc1cccc(C)c1C. The maximum Gasteiger partial charge on any atom is 0.227 e. The summed E-state index contributed by atoms with van der Waals surface area (Å²) in [7, 11) is 1.70. The minimum absolute atomic E-state index is 0.161. The fourth-order valence-electron chi connectivity index (χ4n) is 3.59.